The van der Waals surface area contributed by atoms with Crippen LogP contribution in [0.4, 0.5) is 0 Å². The predicted octanol–water partition coefficient (Wildman–Crippen LogP) is 4.42. The van der Waals surface area contributed by atoms with Crippen LogP contribution in [-0.4, -0.2) is 24.1 Å². The lowest BCUT2D eigenvalue weighted by atomic mass is 9.53. The maximum Gasteiger partial charge on any atom is 0.334 e. The first-order valence-electron chi connectivity index (χ1n) is 10.5. The fourth-order valence-corrected chi connectivity index (χ4v) is 6.28. The molecule has 3 saturated carbocycles. The molecule has 4 fully saturated rings. The highest BCUT2D eigenvalue weighted by Gasteiger charge is 2.58. The number of ether oxygens (including phenoxy) is 2. The lowest BCUT2D eigenvalue weighted by Gasteiger charge is -2.54. The van der Waals surface area contributed by atoms with Crippen LogP contribution in [0.2, 0.25) is 0 Å². The molecule has 6 atom stereocenters. The standard InChI is InChI=1S/C22H32O4/c1-13-16-9-11-22(3)12-10-17(14(2)18(22)19(16)26-20(13)23)25-21(24)15-7-5-4-6-8-15/h14-19H,1,4-12H2,2-3H3/t14-,16-,17-,18?,19-,22-/m0/s1. The van der Waals surface area contributed by atoms with Gasteiger partial charge in [0.15, 0.2) is 0 Å². The average Bonchev–Trinajstić information content (AvgIpc) is 2.92. The summed E-state index contributed by atoms with van der Waals surface area (Å²) >= 11 is 0. The van der Waals surface area contributed by atoms with Crippen LogP contribution in [0, 0.1) is 29.1 Å². The van der Waals surface area contributed by atoms with Crippen LogP contribution in [0.5, 0.6) is 0 Å². The number of esters is 2. The Bertz CT molecular complexity index is 605. The summed E-state index contributed by atoms with van der Waals surface area (Å²) in [5.41, 5.74) is 0.810. The van der Waals surface area contributed by atoms with Crippen LogP contribution < -0.4 is 0 Å². The molecule has 4 heteroatoms. The average molecular weight is 360 g/mol. The normalized spacial score (nSPS) is 43.4. The third kappa shape index (κ3) is 2.90. The molecule has 0 aromatic carbocycles. The first kappa shape index (κ1) is 18.1. The predicted molar refractivity (Wildman–Crippen MR) is 98.2 cm³/mol. The lowest BCUT2D eigenvalue weighted by molar-refractivity contribution is -0.178. The van der Waals surface area contributed by atoms with Crippen LogP contribution in [-0.2, 0) is 19.1 Å². The van der Waals surface area contributed by atoms with Crippen molar-refractivity contribution in [3.63, 3.8) is 0 Å². The highest BCUT2D eigenvalue weighted by molar-refractivity contribution is 5.90. The summed E-state index contributed by atoms with van der Waals surface area (Å²) < 4.78 is 11.8. The van der Waals surface area contributed by atoms with E-state index in [-0.39, 0.29) is 53.2 Å². The Kier molecular flexibility index (Phi) is 4.65. The summed E-state index contributed by atoms with van der Waals surface area (Å²) in [6, 6.07) is 0. The molecule has 144 valence electrons. The first-order chi connectivity index (χ1) is 12.4. The van der Waals surface area contributed by atoms with Gasteiger partial charge in [0, 0.05) is 17.4 Å². The maximum atomic E-state index is 12.7. The van der Waals surface area contributed by atoms with E-state index in [1.807, 2.05) is 0 Å². The van der Waals surface area contributed by atoms with Crippen molar-refractivity contribution in [1.82, 2.24) is 0 Å². The highest BCUT2D eigenvalue weighted by Crippen LogP contribution is 2.58. The molecule has 0 aromatic rings. The van der Waals surface area contributed by atoms with Crippen molar-refractivity contribution in [3.8, 4) is 0 Å². The molecular weight excluding hydrogens is 328 g/mol. The molecule has 1 saturated heterocycles. The fourth-order valence-electron chi connectivity index (χ4n) is 6.28. The van der Waals surface area contributed by atoms with Crippen molar-refractivity contribution in [3.05, 3.63) is 12.2 Å². The molecule has 4 nitrogen and oxygen atoms in total. The Hall–Kier alpha value is -1.32. The highest BCUT2D eigenvalue weighted by atomic mass is 16.6. The summed E-state index contributed by atoms with van der Waals surface area (Å²) in [7, 11) is 0. The van der Waals surface area contributed by atoms with E-state index in [1.54, 1.807) is 0 Å². The van der Waals surface area contributed by atoms with Gasteiger partial charge in [-0.15, -0.1) is 0 Å². The maximum absolute atomic E-state index is 12.7. The molecule has 1 heterocycles. The second kappa shape index (κ2) is 6.69. The van der Waals surface area contributed by atoms with Gasteiger partial charge in [-0.2, -0.15) is 0 Å². The molecule has 0 radical (unpaired) electrons. The molecule has 0 bridgehead atoms. The molecule has 0 amide bonds. The summed E-state index contributed by atoms with van der Waals surface area (Å²) in [6.07, 6.45) is 9.40. The topological polar surface area (TPSA) is 52.6 Å². The van der Waals surface area contributed by atoms with Gasteiger partial charge in [0.2, 0.25) is 0 Å². The number of hydrogen-bond acceptors (Lipinski definition) is 4. The van der Waals surface area contributed by atoms with Gasteiger partial charge in [0.1, 0.15) is 12.2 Å². The molecular formula is C22H32O4. The molecule has 1 aliphatic heterocycles. The minimum Gasteiger partial charge on any atom is -0.462 e. The van der Waals surface area contributed by atoms with Crippen LogP contribution in [0.15, 0.2) is 12.2 Å². The van der Waals surface area contributed by atoms with Crippen molar-refractivity contribution < 1.29 is 19.1 Å². The summed E-state index contributed by atoms with van der Waals surface area (Å²) in [5, 5.41) is 0. The van der Waals surface area contributed by atoms with Gasteiger partial charge in [-0.1, -0.05) is 39.7 Å². The Morgan fingerprint density at radius 1 is 1.15 bits per heavy atom. The van der Waals surface area contributed by atoms with Crippen LogP contribution >= 0.6 is 0 Å². The Labute approximate surface area is 156 Å². The first-order valence-corrected chi connectivity index (χ1v) is 10.5. The van der Waals surface area contributed by atoms with E-state index >= 15 is 0 Å². The second-order valence-corrected chi connectivity index (χ2v) is 9.43. The number of hydrogen-bond donors (Lipinski definition) is 0. The quantitative estimate of drug-likeness (QED) is 0.540. The number of carbonyl (C=O) groups is 2. The van der Waals surface area contributed by atoms with Gasteiger partial charge >= 0.3 is 11.9 Å². The van der Waals surface area contributed by atoms with E-state index < -0.39 is 0 Å². The fraction of sp³-hybridized carbons (Fsp3) is 0.818. The van der Waals surface area contributed by atoms with Crippen molar-refractivity contribution in [2.75, 3.05) is 0 Å². The molecule has 4 rings (SSSR count). The molecule has 1 unspecified atom stereocenters. The van der Waals surface area contributed by atoms with Crippen molar-refractivity contribution in [1.29, 1.82) is 0 Å². The zero-order valence-corrected chi connectivity index (χ0v) is 16.2. The van der Waals surface area contributed by atoms with Gasteiger partial charge in [0.25, 0.3) is 0 Å². The van der Waals surface area contributed by atoms with Crippen LogP contribution in [0.25, 0.3) is 0 Å². The van der Waals surface area contributed by atoms with E-state index in [9.17, 15) is 9.59 Å². The van der Waals surface area contributed by atoms with E-state index in [0.29, 0.717) is 5.57 Å². The minimum absolute atomic E-state index is 0.00494. The van der Waals surface area contributed by atoms with E-state index in [1.165, 1.54) is 6.42 Å². The Morgan fingerprint density at radius 2 is 1.85 bits per heavy atom. The van der Waals surface area contributed by atoms with Gasteiger partial charge in [-0.25, -0.2) is 4.79 Å². The van der Waals surface area contributed by atoms with E-state index in [4.69, 9.17) is 9.47 Å². The van der Waals surface area contributed by atoms with Crippen molar-refractivity contribution in [2.45, 2.75) is 83.8 Å². The van der Waals surface area contributed by atoms with Gasteiger partial charge < -0.3 is 9.47 Å². The molecule has 0 aromatic heterocycles. The summed E-state index contributed by atoms with van der Waals surface area (Å²) in [5.74, 6) is 0.488. The van der Waals surface area contributed by atoms with E-state index in [2.05, 4.69) is 20.4 Å². The SMILES string of the molecule is C=C1C(=O)O[C@@H]2C3[C@@H](C)[C@@H](OC(=O)C4CCCCC4)CC[C@]3(C)CC[C@@H]12. The minimum atomic E-state index is -0.224. The lowest BCUT2D eigenvalue weighted by Crippen LogP contribution is -2.54. The number of carbonyl (C=O) groups excluding carboxylic acids is 2. The molecule has 0 N–H and O–H groups in total. The van der Waals surface area contributed by atoms with Crippen LogP contribution in [0.1, 0.15) is 71.6 Å². The summed E-state index contributed by atoms with van der Waals surface area (Å²) in [4.78, 5) is 24.7. The zero-order chi connectivity index (χ0) is 18.5. The Morgan fingerprint density at radius 3 is 2.58 bits per heavy atom. The molecule has 0 spiro atoms. The number of fused-ring (bicyclic) bond motifs is 3. The van der Waals surface area contributed by atoms with Crippen molar-refractivity contribution >= 4 is 11.9 Å². The van der Waals surface area contributed by atoms with Gasteiger partial charge in [-0.3, -0.25) is 4.79 Å². The monoisotopic (exact) mass is 360 g/mol. The van der Waals surface area contributed by atoms with Crippen LogP contribution in [0.3, 0.4) is 0 Å². The smallest absolute Gasteiger partial charge is 0.334 e. The largest absolute Gasteiger partial charge is 0.462 e. The van der Waals surface area contributed by atoms with Gasteiger partial charge in [-0.05, 0) is 49.9 Å². The third-order valence-electron chi connectivity index (χ3n) is 7.89. The molecule has 26 heavy (non-hydrogen) atoms. The second-order valence-electron chi connectivity index (χ2n) is 9.43. The number of rotatable bonds is 2. The van der Waals surface area contributed by atoms with Crippen molar-refractivity contribution in [2.24, 2.45) is 29.1 Å². The zero-order valence-electron chi connectivity index (χ0n) is 16.2. The molecule has 4 aliphatic rings. The Balaban J connectivity index is 1.49. The third-order valence-corrected chi connectivity index (χ3v) is 7.89. The van der Waals surface area contributed by atoms with Gasteiger partial charge in [0.05, 0.1) is 5.92 Å². The summed E-state index contributed by atoms with van der Waals surface area (Å²) in [6.45, 7) is 8.50. The van der Waals surface area contributed by atoms with E-state index in [0.717, 1.165) is 51.4 Å². The molecule has 3 aliphatic carbocycles.